The van der Waals surface area contributed by atoms with Crippen LogP contribution in [0.4, 0.5) is 14.5 Å². The van der Waals surface area contributed by atoms with E-state index in [1.54, 1.807) is 24.3 Å². The molecule has 2 aromatic carbocycles. The molecule has 1 N–H and O–H groups in total. The Morgan fingerprint density at radius 2 is 1.83 bits per heavy atom. The van der Waals surface area contributed by atoms with E-state index in [0.717, 1.165) is 0 Å². The average Bonchev–Trinajstić information content (AvgIpc) is 2.36. The molecule has 0 aliphatic carbocycles. The van der Waals surface area contributed by atoms with Gasteiger partial charge in [-0.3, -0.25) is 0 Å². The van der Waals surface area contributed by atoms with Crippen molar-refractivity contribution < 1.29 is 8.78 Å². The number of halogens is 4. The highest BCUT2D eigenvalue weighted by atomic mass is 79.9. The molecule has 0 unspecified atom stereocenters. The normalized spacial score (nSPS) is 10.4. The summed E-state index contributed by atoms with van der Waals surface area (Å²) in [4.78, 5) is 0. The van der Waals surface area contributed by atoms with E-state index < -0.39 is 11.6 Å². The SMILES string of the molecule is Fc1ccc(Br)c(F)c1CNc1ccccc1Cl. The van der Waals surface area contributed by atoms with Crippen LogP contribution in [-0.2, 0) is 6.54 Å². The third-order valence-corrected chi connectivity index (χ3v) is 3.41. The lowest BCUT2D eigenvalue weighted by Gasteiger charge is -2.10. The maximum atomic E-state index is 13.7. The van der Waals surface area contributed by atoms with Gasteiger partial charge in [0.2, 0.25) is 0 Å². The Balaban J connectivity index is 2.21. The summed E-state index contributed by atoms with van der Waals surface area (Å²) in [5.74, 6) is -1.19. The molecule has 5 heteroatoms. The van der Waals surface area contributed by atoms with Crippen LogP contribution in [0.3, 0.4) is 0 Å². The van der Waals surface area contributed by atoms with Gasteiger partial charge in [0.15, 0.2) is 0 Å². The Hall–Kier alpha value is -1.13. The van der Waals surface area contributed by atoms with E-state index in [2.05, 4.69) is 21.2 Å². The monoisotopic (exact) mass is 331 g/mol. The molecule has 0 amide bonds. The summed E-state index contributed by atoms with van der Waals surface area (Å²) in [5, 5.41) is 3.41. The predicted octanol–water partition coefficient (Wildman–Crippen LogP) is 4.99. The van der Waals surface area contributed by atoms with Crippen LogP contribution in [0.25, 0.3) is 0 Å². The molecule has 0 heterocycles. The molecule has 0 saturated carbocycles. The molecule has 94 valence electrons. The summed E-state index contributed by atoms with van der Waals surface area (Å²) in [5.41, 5.74) is 0.613. The fourth-order valence-corrected chi connectivity index (χ4v) is 2.09. The first-order chi connectivity index (χ1) is 8.59. The molecule has 2 aromatic rings. The Kier molecular flexibility index (Phi) is 4.19. The van der Waals surface area contributed by atoms with Crippen LogP contribution in [-0.4, -0.2) is 0 Å². The highest BCUT2D eigenvalue weighted by Gasteiger charge is 2.12. The fourth-order valence-electron chi connectivity index (χ4n) is 1.52. The van der Waals surface area contributed by atoms with Crippen LogP contribution in [0.2, 0.25) is 5.02 Å². The van der Waals surface area contributed by atoms with E-state index in [0.29, 0.717) is 10.7 Å². The van der Waals surface area contributed by atoms with Gasteiger partial charge in [0.25, 0.3) is 0 Å². The average molecular weight is 333 g/mol. The van der Waals surface area contributed by atoms with Crippen molar-refractivity contribution in [3.8, 4) is 0 Å². The Morgan fingerprint density at radius 3 is 2.56 bits per heavy atom. The van der Waals surface area contributed by atoms with Crippen molar-refractivity contribution in [3.05, 3.63) is 63.1 Å². The standard InChI is InChI=1S/C13H9BrClF2N/c14-9-5-6-11(16)8(13(9)17)7-18-12-4-2-1-3-10(12)15/h1-6,18H,7H2. The molecular weight excluding hydrogens is 324 g/mol. The zero-order valence-electron chi connectivity index (χ0n) is 9.18. The molecule has 0 bridgehead atoms. The predicted molar refractivity (Wildman–Crippen MR) is 72.8 cm³/mol. The van der Waals surface area contributed by atoms with Gasteiger partial charge >= 0.3 is 0 Å². The molecule has 0 fully saturated rings. The molecule has 0 atom stereocenters. The van der Waals surface area contributed by atoms with Gasteiger partial charge in [0.05, 0.1) is 15.2 Å². The smallest absolute Gasteiger partial charge is 0.145 e. The van der Waals surface area contributed by atoms with Gasteiger partial charge in [-0.25, -0.2) is 8.78 Å². The number of benzene rings is 2. The van der Waals surface area contributed by atoms with Gasteiger partial charge in [-0.2, -0.15) is 0 Å². The van der Waals surface area contributed by atoms with Crippen LogP contribution in [0.1, 0.15) is 5.56 Å². The molecule has 0 aliphatic heterocycles. The van der Waals surface area contributed by atoms with Crippen molar-refractivity contribution in [2.24, 2.45) is 0 Å². The van der Waals surface area contributed by atoms with Crippen LogP contribution in [0.5, 0.6) is 0 Å². The van der Waals surface area contributed by atoms with E-state index in [-0.39, 0.29) is 16.6 Å². The summed E-state index contributed by atoms with van der Waals surface area (Å²) in [6, 6.07) is 9.59. The molecule has 1 nitrogen and oxygen atoms in total. The minimum absolute atomic E-state index is 0.0238. The van der Waals surface area contributed by atoms with Crippen LogP contribution in [0.15, 0.2) is 40.9 Å². The first-order valence-corrected chi connectivity index (χ1v) is 6.37. The molecule has 0 saturated heterocycles. The topological polar surface area (TPSA) is 12.0 Å². The second-order valence-electron chi connectivity index (χ2n) is 3.66. The number of nitrogens with one attached hydrogen (secondary N) is 1. The quantitative estimate of drug-likeness (QED) is 0.781. The van der Waals surface area contributed by atoms with Gasteiger partial charge < -0.3 is 5.32 Å². The lowest BCUT2D eigenvalue weighted by molar-refractivity contribution is 0.555. The van der Waals surface area contributed by atoms with E-state index in [9.17, 15) is 8.78 Å². The fraction of sp³-hybridized carbons (Fsp3) is 0.0769. The summed E-state index contributed by atoms with van der Waals surface area (Å²) in [7, 11) is 0. The summed E-state index contributed by atoms with van der Waals surface area (Å²) in [6.07, 6.45) is 0. The minimum atomic E-state index is -0.602. The molecule has 18 heavy (non-hydrogen) atoms. The third kappa shape index (κ3) is 2.82. The molecular formula is C13H9BrClF2N. The van der Waals surface area contributed by atoms with Gasteiger partial charge in [-0.15, -0.1) is 0 Å². The molecule has 0 spiro atoms. The summed E-state index contributed by atoms with van der Waals surface area (Å²) >= 11 is 8.97. The highest BCUT2D eigenvalue weighted by molar-refractivity contribution is 9.10. The highest BCUT2D eigenvalue weighted by Crippen LogP contribution is 2.25. The van der Waals surface area contributed by atoms with Crippen LogP contribution in [0, 0.1) is 11.6 Å². The van der Waals surface area contributed by atoms with Crippen molar-refractivity contribution in [2.45, 2.75) is 6.54 Å². The second kappa shape index (κ2) is 5.67. The maximum absolute atomic E-state index is 13.7. The van der Waals surface area contributed by atoms with Gasteiger partial charge in [-0.1, -0.05) is 23.7 Å². The summed E-state index contributed by atoms with van der Waals surface area (Å²) in [6.45, 7) is 0.0286. The number of hydrogen-bond donors (Lipinski definition) is 1. The number of hydrogen-bond acceptors (Lipinski definition) is 1. The zero-order chi connectivity index (χ0) is 13.1. The summed E-state index contributed by atoms with van der Waals surface area (Å²) < 4.78 is 27.4. The molecule has 0 aliphatic rings. The van der Waals surface area contributed by atoms with Gasteiger partial charge in [-0.05, 0) is 40.2 Å². The zero-order valence-corrected chi connectivity index (χ0v) is 11.5. The van der Waals surface area contributed by atoms with Crippen molar-refractivity contribution >= 4 is 33.2 Å². The van der Waals surface area contributed by atoms with E-state index in [1.807, 2.05) is 0 Å². The molecule has 0 aromatic heterocycles. The van der Waals surface area contributed by atoms with Crippen molar-refractivity contribution in [1.29, 1.82) is 0 Å². The minimum Gasteiger partial charge on any atom is -0.380 e. The molecule has 0 radical (unpaired) electrons. The Morgan fingerprint density at radius 1 is 1.11 bits per heavy atom. The Labute approximate surface area is 117 Å². The largest absolute Gasteiger partial charge is 0.380 e. The van der Waals surface area contributed by atoms with Crippen molar-refractivity contribution in [3.63, 3.8) is 0 Å². The van der Waals surface area contributed by atoms with Gasteiger partial charge in [0.1, 0.15) is 11.6 Å². The van der Waals surface area contributed by atoms with Crippen molar-refractivity contribution in [1.82, 2.24) is 0 Å². The third-order valence-electron chi connectivity index (χ3n) is 2.47. The number of anilines is 1. The van der Waals surface area contributed by atoms with Crippen LogP contribution >= 0.6 is 27.5 Å². The lowest BCUT2D eigenvalue weighted by atomic mass is 10.2. The van der Waals surface area contributed by atoms with Crippen LogP contribution < -0.4 is 5.32 Å². The maximum Gasteiger partial charge on any atom is 0.145 e. The first kappa shape index (κ1) is 13.3. The van der Waals surface area contributed by atoms with E-state index in [1.165, 1.54) is 12.1 Å². The van der Waals surface area contributed by atoms with Crippen molar-refractivity contribution in [2.75, 3.05) is 5.32 Å². The number of para-hydroxylation sites is 1. The van der Waals surface area contributed by atoms with E-state index >= 15 is 0 Å². The van der Waals surface area contributed by atoms with Gasteiger partial charge in [0, 0.05) is 12.1 Å². The number of rotatable bonds is 3. The Bertz CT molecular complexity index is 575. The molecule has 2 rings (SSSR count). The second-order valence-corrected chi connectivity index (χ2v) is 4.92. The first-order valence-electron chi connectivity index (χ1n) is 5.20. The van der Waals surface area contributed by atoms with E-state index in [4.69, 9.17) is 11.6 Å². The lowest BCUT2D eigenvalue weighted by Crippen LogP contribution is -2.05.